The first-order chi connectivity index (χ1) is 17.1. The Balaban J connectivity index is 1.63. The van der Waals surface area contributed by atoms with E-state index in [1.54, 1.807) is 0 Å². The molecule has 1 aliphatic rings. The maximum Gasteiger partial charge on any atom is 0.227 e. The molecule has 4 aromatic rings. The zero-order valence-corrected chi connectivity index (χ0v) is 22.0. The maximum absolute atomic E-state index is 11.9. The molecule has 1 aliphatic carbocycles. The van der Waals surface area contributed by atoms with Crippen LogP contribution in [0.5, 0.6) is 0 Å². The normalized spacial score (nSPS) is 15.9. The minimum Gasteiger partial charge on any atom is -0.369 e. The molecule has 6 heteroatoms. The van der Waals surface area contributed by atoms with Crippen LogP contribution in [-0.2, 0) is 16.8 Å². The van der Waals surface area contributed by atoms with E-state index < -0.39 is 5.41 Å². The van der Waals surface area contributed by atoms with Crippen molar-refractivity contribution in [3.8, 4) is 22.3 Å². The summed E-state index contributed by atoms with van der Waals surface area (Å²) in [7, 11) is 0. The van der Waals surface area contributed by atoms with Gasteiger partial charge in [0.2, 0.25) is 5.91 Å². The van der Waals surface area contributed by atoms with Gasteiger partial charge in [-0.25, -0.2) is 0 Å². The molecule has 3 heterocycles. The van der Waals surface area contributed by atoms with Crippen molar-refractivity contribution in [2.45, 2.75) is 78.7 Å². The van der Waals surface area contributed by atoms with Gasteiger partial charge in [-0.15, -0.1) is 0 Å². The van der Waals surface area contributed by atoms with E-state index in [-0.39, 0.29) is 11.3 Å². The molecule has 3 aromatic heterocycles. The molecule has 1 amide bonds. The van der Waals surface area contributed by atoms with Gasteiger partial charge in [0.25, 0.3) is 0 Å². The Morgan fingerprint density at radius 1 is 1.11 bits per heavy atom. The van der Waals surface area contributed by atoms with Crippen LogP contribution < -0.4 is 5.73 Å². The highest BCUT2D eigenvalue weighted by molar-refractivity contribution is 5.95. The van der Waals surface area contributed by atoms with Crippen molar-refractivity contribution in [1.29, 1.82) is 0 Å². The zero-order valence-electron chi connectivity index (χ0n) is 22.0. The van der Waals surface area contributed by atoms with Gasteiger partial charge in [0.15, 0.2) is 0 Å². The van der Waals surface area contributed by atoms with Crippen LogP contribution >= 0.6 is 0 Å². The largest absolute Gasteiger partial charge is 0.369 e. The number of carbonyl (C=O) groups is 1. The third-order valence-electron chi connectivity index (χ3n) is 8.19. The maximum atomic E-state index is 11.9. The summed E-state index contributed by atoms with van der Waals surface area (Å²) >= 11 is 0. The summed E-state index contributed by atoms with van der Waals surface area (Å²) in [5.41, 5.74) is 13.3. The number of rotatable bonds is 6. The standard InChI is InChI=1S/C30H36N4O2/c1-19-26(20(2)36-33-19)22-15-25-27(32-16-22)24(17-34(25)18-30(5)13-7-6-8-14-30)21-9-11-23(12-10-21)29(3,4)28(31)35/h9-12,15-17H,6-8,13-14,18H2,1-5H3,(H2,31,35). The van der Waals surface area contributed by atoms with Crippen LogP contribution in [0.2, 0.25) is 0 Å². The number of nitrogens with zero attached hydrogens (tertiary/aromatic N) is 3. The van der Waals surface area contributed by atoms with Gasteiger partial charge in [-0.2, -0.15) is 0 Å². The van der Waals surface area contributed by atoms with E-state index in [4.69, 9.17) is 15.2 Å². The van der Waals surface area contributed by atoms with Gasteiger partial charge in [-0.3, -0.25) is 9.78 Å². The minimum atomic E-state index is -0.719. The lowest BCUT2D eigenvalue weighted by atomic mass is 9.75. The first-order valence-electron chi connectivity index (χ1n) is 12.9. The Labute approximate surface area is 212 Å². The van der Waals surface area contributed by atoms with Crippen molar-refractivity contribution in [1.82, 2.24) is 14.7 Å². The lowest BCUT2D eigenvalue weighted by Gasteiger charge is -2.34. The second-order valence-electron chi connectivity index (χ2n) is 11.4. The van der Waals surface area contributed by atoms with Crippen LogP contribution in [0.4, 0.5) is 0 Å². The molecule has 0 atom stereocenters. The second-order valence-corrected chi connectivity index (χ2v) is 11.4. The van der Waals surface area contributed by atoms with Gasteiger partial charge >= 0.3 is 0 Å². The van der Waals surface area contributed by atoms with Gasteiger partial charge in [-0.05, 0) is 63.1 Å². The fraction of sp³-hybridized carbons (Fsp3) is 0.433. The van der Waals surface area contributed by atoms with E-state index >= 15 is 0 Å². The van der Waals surface area contributed by atoms with Crippen molar-refractivity contribution < 1.29 is 9.32 Å². The Kier molecular flexibility index (Phi) is 6.01. The quantitative estimate of drug-likeness (QED) is 0.329. The van der Waals surface area contributed by atoms with Crippen molar-refractivity contribution in [3.63, 3.8) is 0 Å². The van der Waals surface area contributed by atoms with Crippen molar-refractivity contribution >= 4 is 16.9 Å². The molecular formula is C30H36N4O2. The average molecular weight is 485 g/mol. The Bertz CT molecular complexity index is 1400. The Morgan fingerprint density at radius 3 is 2.42 bits per heavy atom. The fourth-order valence-corrected chi connectivity index (χ4v) is 5.72. The number of aromatic nitrogens is 3. The van der Waals surface area contributed by atoms with Crippen molar-refractivity contribution in [2.24, 2.45) is 11.1 Å². The summed E-state index contributed by atoms with van der Waals surface area (Å²) in [6.45, 7) is 11.0. The number of pyridine rings is 1. The molecule has 5 rings (SSSR count). The topological polar surface area (TPSA) is 86.9 Å². The summed E-state index contributed by atoms with van der Waals surface area (Å²) in [6.07, 6.45) is 10.6. The van der Waals surface area contributed by atoms with Crippen LogP contribution in [-0.4, -0.2) is 20.6 Å². The van der Waals surface area contributed by atoms with Crippen molar-refractivity contribution in [3.05, 3.63) is 59.7 Å². The van der Waals surface area contributed by atoms with E-state index in [0.717, 1.165) is 56.8 Å². The smallest absolute Gasteiger partial charge is 0.227 e. The molecule has 1 aromatic carbocycles. The molecule has 36 heavy (non-hydrogen) atoms. The predicted molar refractivity (Wildman–Crippen MR) is 144 cm³/mol. The lowest BCUT2D eigenvalue weighted by Crippen LogP contribution is -2.35. The summed E-state index contributed by atoms with van der Waals surface area (Å²) in [4.78, 5) is 16.9. The minimum absolute atomic E-state index is 0.274. The number of carbonyl (C=O) groups excluding carboxylic acids is 1. The summed E-state index contributed by atoms with van der Waals surface area (Å²) in [6, 6.07) is 10.4. The molecule has 0 radical (unpaired) electrons. The molecule has 0 spiro atoms. The monoisotopic (exact) mass is 484 g/mol. The molecule has 0 aliphatic heterocycles. The third kappa shape index (κ3) is 4.23. The second kappa shape index (κ2) is 8.91. The van der Waals surface area contributed by atoms with Gasteiger partial charge in [-0.1, -0.05) is 55.6 Å². The molecule has 0 saturated heterocycles. The van der Waals surface area contributed by atoms with Gasteiger partial charge in [0.1, 0.15) is 5.76 Å². The number of fused-ring (bicyclic) bond motifs is 1. The average Bonchev–Trinajstić information content (AvgIpc) is 3.37. The highest BCUT2D eigenvalue weighted by atomic mass is 16.5. The number of aryl methyl sites for hydroxylation is 2. The molecule has 1 fully saturated rings. The SMILES string of the molecule is Cc1noc(C)c1-c1cnc2c(-c3ccc(C(C)(C)C(N)=O)cc3)cn(CC3(C)CCCCC3)c2c1. The van der Waals surface area contributed by atoms with Crippen LogP contribution in [0.25, 0.3) is 33.3 Å². The number of hydrogen-bond acceptors (Lipinski definition) is 4. The van der Waals surface area contributed by atoms with Gasteiger partial charge in [0, 0.05) is 35.6 Å². The highest BCUT2D eigenvalue weighted by Crippen LogP contribution is 2.40. The number of amides is 1. The molecule has 2 N–H and O–H groups in total. The predicted octanol–water partition coefficient (Wildman–Crippen LogP) is 6.71. The Morgan fingerprint density at radius 2 is 1.81 bits per heavy atom. The van der Waals surface area contributed by atoms with Gasteiger partial charge in [0.05, 0.1) is 22.1 Å². The lowest BCUT2D eigenvalue weighted by molar-refractivity contribution is -0.122. The van der Waals surface area contributed by atoms with Crippen LogP contribution in [0.3, 0.4) is 0 Å². The van der Waals surface area contributed by atoms with Gasteiger partial charge < -0.3 is 14.8 Å². The fourth-order valence-electron chi connectivity index (χ4n) is 5.72. The zero-order chi connectivity index (χ0) is 25.7. The van der Waals surface area contributed by atoms with Crippen LogP contribution in [0, 0.1) is 19.3 Å². The third-order valence-corrected chi connectivity index (χ3v) is 8.19. The highest BCUT2D eigenvalue weighted by Gasteiger charge is 2.29. The first-order valence-corrected chi connectivity index (χ1v) is 12.9. The van der Waals surface area contributed by atoms with Crippen LogP contribution in [0.1, 0.15) is 69.9 Å². The number of nitrogens with two attached hydrogens (primary N) is 1. The van der Waals surface area contributed by atoms with E-state index in [1.165, 1.54) is 32.1 Å². The summed E-state index contributed by atoms with van der Waals surface area (Å²) < 4.78 is 7.84. The van der Waals surface area contributed by atoms with E-state index in [0.29, 0.717) is 0 Å². The molecular weight excluding hydrogens is 448 g/mol. The summed E-state index contributed by atoms with van der Waals surface area (Å²) in [5, 5.41) is 4.15. The van der Waals surface area contributed by atoms with Crippen molar-refractivity contribution in [2.75, 3.05) is 0 Å². The number of benzene rings is 1. The Hall–Kier alpha value is -3.41. The number of hydrogen-bond donors (Lipinski definition) is 1. The van der Waals surface area contributed by atoms with E-state index in [9.17, 15) is 4.79 Å². The molecule has 188 valence electrons. The molecule has 0 unspecified atom stereocenters. The molecule has 6 nitrogen and oxygen atoms in total. The molecule has 0 bridgehead atoms. The first kappa shape index (κ1) is 24.3. The van der Waals surface area contributed by atoms with E-state index in [2.05, 4.69) is 41.0 Å². The van der Waals surface area contributed by atoms with Crippen LogP contribution in [0.15, 0.2) is 47.2 Å². The summed E-state index contributed by atoms with van der Waals surface area (Å²) in [5.74, 6) is 0.472. The van der Waals surface area contributed by atoms with E-state index in [1.807, 2.05) is 46.0 Å². The number of primary amides is 1. The molecule has 1 saturated carbocycles.